The Kier molecular flexibility index (Phi) is 10.2. The number of nitrogens with zero attached hydrogens (tertiary/aromatic N) is 5. The summed E-state index contributed by atoms with van der Waals surface area (Å²) in [6.07, 6.45) is 2.63. The highest BCUT2D eigenvalue weighted by Gasteiger charge is 2.37. The maximum absolute atomic E-state index is 14.2. The topological polar surface area (TPSA) is 168 Å². The van der Waals surface area contributed by atoms with Crippen LogP contribution in [-0.2, 0) is 4.79 Å². The highest BCUT2D eigenvalue weighted by molar-refractivity contribution is 7.11. The van der Waals surface area contributed by atoms with Crippen molar-refractivity contribution in [1.82, 2.24) is 19.0 Å². The van der Waals surface area contributed by atoms with E-state index < -0.39 is 12.3 Å². The molecule has 0 saturated carbocycles. The van der Waals surface area contributed by atoms with Gasteiger partial charge in [-0.2, -0.15) is 8.75 Å². The standard InChI is InChI=1S/C43H36Cl2N10O5S2/c44-36-25(23-7-9-29-31(16-23)59-13-11-57-29)3-1-5-27(36)49-40-38-42(61-53-40)51-33(20-47-38)55(35(56)15-22-18-46-19-22)34-21-48-39-41(54-62-43(39)52-34)50-28-6-2-4-26(37(28)45)24-8-10-30-32(17-24)60-14-12-58-30/h1-10,16-17,20-22,33-34,46,51-52H,11-15,18-19H2,(H,49,53)(H,50,54). The fraction of sp³-hybridized carbons (Fsp3) is 0.233. The third kappa shape index (κ3) is 7.28. The number of benzene rings is 4. The Balaban J connectivity index is 0.818. The molecule has 5 aliphatic rings. The van der Waals surface area contributed by atoms with Crippen LogP contribution in [0.2, 0.25) is 10.0 Å². The Morgan fingerprint density at radius 3 is 1.63 bits per heavy atom. The lowest BCUT2D eigenvalue weighted by Gasteiger charge is -2.39. The van der Waals surface area contributed by atoms with Gasteiger partial charge in [0.2, 0.25) is 5.91 Å². The number of hydrogen-bond acceptors (Lipinski definition) is 16. The zero-order chi connectivity index (χ0) is 41.7. The molecule has 11 rings (SSSR count). The Hall–Kier alpha value is -6.11. The number of carbonyl (C=O) groups is 1. The van der Waals surface area contributed by atoms with Crippen LogP contribution in [0.25, 0.3) is 22.3 Å². The van der Waals surface area contributed by atoms with Crippen LogP contribution in [0.3, 0.4) is 0 Å². The number of amides is 1. The van der Waals surface area contributed by atoms with Crippen LogP contribution in [0.1, 0.15) is 6.42 Å². The molecule has 1 fully saturated rings. The number of rotatable bonds is 10. The molecule has 314 valence electrons. The zero-order valence-corrected chi connectivity index (χ0v) is 35.8. The van der Waals surface area contributed by atoms with E-state index in [9.17, 15) is 4.79 Å². The minimum Gasteiger partial charge on any atom is -0.486 e. The van der Waals surface area contributed by atoms with Crippen LogP contribution < -0.4 is 45.5 Å². The Morgan fingerprint density at radius 2 is 1.16 bits per heavy atom. The zero-order valence-electron chi connectivity index (χ0n) is 32.6. The van der Waals surface area contributed by atoms with Crippen molar-refractivity contribution < 1.29 is 23.7 Å². The van der Waals surface area contributed by atoms with Gasteiger partial charge in [-0.1, -0.05) is 59.6 Å². The first-order chi connectivity index (χ1) is 30.4. The van der Waals surface area contributed by atoms with E-state index in [1.807, 2.05) is 72.8 Å². The monoisotopic (exact) mass is 906 g/mol. The number of aromatic nitrogens is 2. The van der Waals surface area contributed by atoms with E-state index in [4.69, 9.17) is 60.9 Å². The molecular formula is C43H36Cl2N10O5S2. The number of halogens is 2. The van der Waals surface area contributed by atoms with Crippen LogP contribution in [0.5, 0.6) is 23.0 Å². The summed E-state index contributed by atoms with van der Waals surface area (Å²) in [6, 6.07) is 23.1. The SMILES string of the molecule is O=C(CC1CNC1)N(C1C=Nc2c(Nc3cccc(-c4ccc5c(c4)OCCO5)c3Cl)nsc2N1)C1C=Nc2c(Nc3cccc(-c4ccc5c(c4)OCCO5)c3Cl)nsc2N1. The van der Waals surface area contributed by atoms with Crippen LogP contribution >= 0.6 is 46.3 Å². The summed E-state index contributed by atoms with van der Waals surface area (Å²) >= 11 is 16.5. The third-order valence-electron chi connectivity index (χ3n) is 11.0. The van der Waals surface area contributed by atoms with Gasteiger partial charge in [0.1, 0.15) is 60.1 Å². The number of hydrogen-bond donors (Lipinski definition) is 5. The number of fused-ring (bicyclic) bond motifs is 4. The van der Waals surface area contributed by atoms with Crippen LogP contribution in [-0.4, -0.2) is 83.8 Å². The maximum Gasteiger partial charge on any atom is 0.226 e. The lowest BCUT2D eigenvalue weighted by Crippen LogP contribution is -2.57. The van der Waals surface area contributed by atoms with E-state index in [1.165, 1.54) is 23.1 Å². The van der Waals surface area contributed by atoms with Gasteiger partial charge in [-0.15, -0.1) is 0 Å². The summed E-state index contributed by atoms with van der Waals surface area (Å²) in [4.78, 5) is 25.6. The Morgan fingerprint density at radius 1 is 0.677 bits per heavy atom. The molecule has 5 aliphatic heterocycles. The van der Waals surface area contributed by atoms with Crippen LogP contribution in [0.4, 0.5) is 44.4 Å². The quantitative estimate of drug-likeness (QED) is 0.0885. The first-order valence-electron chi connectivity index (χ1n) is 20.0. The molecule has 0 aliphatic carbocycles. The van der Waals surface area contributed by atoms with E-state index in [0.29, 0.717) is 110 Å². The van der Waals surface area contributed by atoms with Gasteiger partial charge in [-0.3, -0.25) is 9.69 Å². The summed E-state index contributed by atoms with van der Waals surface area (Å²) < 4.78 is 32.4. The second-order valence-corrected chi connectivity index (χ2v) is 17.3. The molecule has 0 bridgehead atoms. The number of nitrogens with one attached hydrogen (secondary N) is 5. The molecule has 0 spiro atoms. The average Bonchev–Trinajstić information content (AvgIpc) is 3.89. The Bertz CT molecular complexity index is 2620. The van der Waals surface area contributed by atoms with E-state index in [0.717, 1.165) is 35.3 Å². The number of anilines is 6. The van der Waals surface area contributed by atoms with Crippen LogP contribution in [0, 0.1) is 5.92 Å². The van der Waals surface area contributed by atoms with Gasteiger partial charge < -0.3 is 45.5 Å². The van der Waals surface area contributed by atoms with Gasteiger partial charge in [0, 0.05) is 30.0 Å². The van der Waals surface area contributed by atoms with Crippen molar-refractivity contribution in [3.8, 4) is 45.3 Å². The van der Waals surface area contributed by atoms with Gasteiger partial charge in [-0.05, 0) is 89.6 Å². The second kappa shape index (κ2) is 16.3. The summed E-state index contributed by atoms with van der Waals surface area (Å²) in [5.74, 6) is 4.06. The van der Waals surface area contributed by atoms with E-state index in [-0.39, 0.29) is 11.8 Å². The molecule has 0 radical (unpaired) electrons. The fourth-order valence-electron chi connectivity index (χ4n) is 7.79. The largest absolute Gasteiger partial charge is 0.486 e. The Labute approximate surface area is 373 Å². The fourth-order valence-corrected chi connectivity index (χ4v) is 9.80. The van der Waals surface area contributed by atoms with E-state index >= 15 is 0 Å². The first-order valence-corrected chi connectivity index (χ1v) is 22.3. The van der Waals surface area contributed by atoms with Crippen LogP contribution in [0.15, 0.2) is 82.8 Å². The molecular weight excluding hydrogens is 872 g/mol. The van der Waals surface area contributed by atoms with Gasteiger partial charge in [0.25, 0.3) is 0 Å². The average molecular weight is 908 g/mol. The van der Waals surface area contributed by atoms with Gasteiger partial charge in [-0.25, -0.2) is 9.98 Å². The molecule has 4 aromatic carbocycles. The molecule has 15 nitrogen and oxygen atoms in total. The van der Waals surface area contributed by atoms with E-state index in [2.05, 4.69) is 26.6 Å². The first kappa shape index (κ1) is 38.8. The normalized spacial score (nSPS) is 18.1. The highest BCUT2D eigenvalue weighted by Crippen LogP contribution is 2.47. The van der Waals surface area contributed by atoms with Crippen molar-refractivity contribution in [1.29, 1.82) is 0 Å². The predicted octanol–water partition coefficient (Wildman–Crippen LogP) is 9.32. The molecule has 5 N–H and O–H groups in total. The van der Waals surface area contributed by atoms with E-state index in [1.54, 1.807) is 17.3 Å². The van der Waals surface area contributed by atoms with Crippen molar-refractivity contribution in [2.24, 2.45) is 15.9 Å². The minimum atomic E-state index is -0.600. The van der Waals surface area contributed by atoms with Crippen molar-refractivity contribution in [3.63, 3.8) is 0 Å². The lowest BCUT2D eigenvalue weighted by atomic mass is 9.98. The summed E-state index contributed by atoms with van der Waals surface area (Å²) in [6.45, 7) is 3.61. The highest BCUT2D eigenvalue weighted by atomic mass is 35.5. The predicted molar refractivity (Wildman–Crippen MR) is 245 cm³/mol. The lowest BCUT2D eigenvalue weighted by molar-refractivity contribution is -0.133. The molecule has 6 aromatic rings. The summed E-state index contributed by atoms with van der Waals surface area (Å²) in [7, 11) is 0. The third-order valence-corrected chi connectivity index (χ3v) is 13.4. The molecule has 62 heavy (non-hydrogen) atoms. The number of carbonyl (C=O) groups excluding carboxylic acids is 1. The van der Waals surface area contributed by atoms with Gasteiger partial charge in [0.05, 0.1) is 21.4 Å². The smallest absolute Gasteiger partial charge is 0.226 e. The molecule has 2 atom stereocenters. The molecule has 1 saturated heterocycles. The molecule has 7 heterocycles. The minimum absolute atomic E-state index is 0.0486. The van der Waals surface area contributed by atoms with Crippen molar-refractivity contribution in [2.75, 3.05) is 60.8 Å². The molecule has 2 unspecified atom stereocenters. The summed E-state index contributed by atoms with van der Waals surface area (Å²) in [5, 5.41) is 19.5. The molecule has 2 aromatic heterocycles. The number of ether oxygens (including phenoxy) is 4. The van der Waals surface area contributed by atoms with Gasteiger partial charge in [0.15, 0.2) is 34.6 Å². The number of aliphatic imine (C=N–C) groups is 2. The van der Waals surface area contributed by atoms with Crippen molar-refractivity contribution in [3.05, 3.63) is 82.8 Å². The summed E-state index contributed by atoms with van der Waals surface area (Å²) in [5.41, 5.74) is 6.02. The van der Waals surface area contributed by atoms with Crippen molar-refractivity contribution >= 4 is 109 Å². The maximum atomic E-state index is 14.2. The van der Waals surface area contributed by atoms with Gasteiger partial charge >= 0.3 is 0 Å². The van der Waals surface area contributed by atoms with Crippen molar-refractivity contribution in [2.45, 2.75) is 18.8 Å². The second-order valence-electron chi connectivity index (χ2n) is 15.0. The molecule has 1 amide bonds. The molecule has 19 heteroatoms.